The molecule has 0 aliphatic heterocycles. The van der Waals surface area contributed by atoms with E-state index in [1.54, 1.807) is 10.9 Å². The number of halogens is 1. The van der Waals surface area contributed by atoms with Gasteiger partial charge in [0, 0.05) is 12.1 Å². The van der Waals surface area contributed by atoms with Gasteiger partial charge in [0.15, 0.2) is 0 Å². The summed E-state index contributed by atoms with van der Waals surface area (Å²) >= 11 is 0. The monoisotopic (exact) mass is 265 g/mol. The number of alkyl halides is 1. The first-order chi connectivity index (χ1) is 9.17. The van der Waals surface area contributed by atoms with E-state index in [0.29, 0.717) is 6.54 Å². The lowest BCUT2D eigenvalue weighted by Gasteiger charge is -2.12. The molecule has 2 heterocycles. The summed E-state index contributed by atoms with van der Waals surface area (Å²) in [4.78, 5) is 0. The molecule has 0 saturated heterocycles. The van der Waals surface area contributed by atoms with E-state index in [0.717, 1.165) is 29.2 Å². The van der Waals surface area contributed by atoms with Crippen LogP contribution in [0.2, 0.25) is 0 Å². The average Bonchev–Trinajstić information content (AvgIpc) is 2.92. The minimum atomic E-state index is -0.415. The molecule has 6 heteroatoms. The Bertz CT molecular complexity index is 543. The Morgan fingerprint density at radius 3 is 2.53 bits per heavy atom. The third kappa shape index (κ3) is 2.77. The molecule has 0 radical (unpaired) electrons. The van der Waals surface area contributed by atoms with Gasteiger partial charge in [-0.25, -0.2) is 9.07 Å². The second kappa shape index (κ2) is 5.86. The van der Waals surface area contributed by atoms with Crippen LogP contribution in [0.5, 0.6) is 0 Å². The van der Waals surface area contributed by atoms with Crippen LogP contribution in [-0.4, -0.2) is 26.2 Å². The molecule has 0 atom stereocenters. The van der Waals surface area contributed by atoms with Gasteiger partial charge in [-0.1, -0.05) is 0 Å². The van der Waals surface area contributed by atoms with Crippen LogP contribution in [-0.2, 0) is 19.6 Å². The van der Waals surface area contributed by atoms with Gasteiger partial charge < -0.3 is 5.32 Å². The van der Waals surface area contributed by atoms with Crippen molar-refractivity contribution in [1.82, 2.24) is 19.6 Å². The van der Waals surface area contributed by atoms with E-state index in [1.165, 1.54) is 0 Å². The van der Waals surface area contributed by atoms with Crippen LogP contribution in [0, 0.1) is 13.8 Å². The summed E-state index contributed by atoms with van der Waals surface area (Å²) < 4.78 is 16.1. The number of hydrogen-bond donors (Lipinski definition) is 1. The molecule has 104 valence electrons. The van der Waals surface area contributed by atoms with Crippen LogP contribution in [0.15, 0.2) is 12.4 Å². The molecule has 0 amide bonds. The molecule has 2 aromatic heterocycles. The molecule has 2 aromatic rings. The molecule has 5 nitrogen and oxygen atoms in total. The molecule has 0 aromatic carbocycles. The van der Waals surface area contributed by atoms with E-state index in [4.69, 9.17) is 0 Å². The maximum Gasteiger partial charge on any atom is 0.127 e. The van der Waals surface area contributed by atoms with Crippen molar-refractivity contribution in [3.63, 3.8) is 0 Å². The minimum absolute atomic E-state index is 0.280. The van der Waals surface area contributed by atoms with Crippen LogP contribution < -0.4 is 5.32 Å². The molecular weight excluding hydrogens is 245 g/mol. The molecule has 0 aliphatic carbocycles. The average molecular weight is 265 g/mol. The van der Waals surface area contributed by atoms with Crippen LogP contribution in [0.4, 0.5) is 10.2 Å². The largest absolute Gasteiger partial charge is 0.364 e. The van der Waals surface area contributed by atoms with Crippen LogP contribution in [0.3, 0.4) is 0 Å². The lowest BCUT2D eigenvalue weighted by atomic mass is 10.2. The van der Waals surface area contributed by atoms with E-state index < -0.39 is 6.67 Å². The lowest BCUT2D eigenvalue weighted by molar-refractivity contribution is 0.429. The van der Waals surface area contributed by atoms with Crippen LogP contribution in [0.25, 0.3) is 0 Å². The van der Waals surface area contributed by atoms with Crippen LogP contribution in [0.1, 0.15) is 23.7 Å². The van der Waals surface area contributed by atoms with E-state index in [-0.39, 0.29) is 6.54 Å². The smallest absolute Gasteiger partial charge is 0.127 e. The van der Waals surface area contributed by atoms with Gasteiger partial charge in [0.05, 0.1) is 31.2 Å². The molecule has 0 fully saturated rings. The summed E-state index contributed by atoms with van der Waals surface area (Å²) in [7, 11) is 0. The van der Waals surface area contributed by atoms with E-state index in [1.807, 2.05) is 24.7 Å². The molecule has 19 heavy (non-hydrogen) atoms. The number of aromatic nitrogens is 4. The maximum absolute atomic E-state index is 12.5. The summed E-state index contributed by atoms with van der Waals surface area (Å²) in [6, 6.07) is 0. The number of nitrogens with zero attached hydrogens (tertiary/aromatic N) is 4. The zero-order valence-corrected chi connectivity index (χ0v) is 11.6. The fraction of sp³-hybridized carbons (Fsp3) is 0.538. The van der Waals surface area contributed by atoms with Crippen molar-refractivity contribution in [3.8, 4) is 0 Å². The van der Waals surface area contributed by atoms with Crippen molar-refractivity contribution < 1.29 is 4.39 Å². The van der Waals surface area contributed by atoms with Gasteiger partial charge in [-0.15, -0.1) is 0 Å². The minimum Gasteiger partial charge on any atom is -0.364 e. The standard InChI is InChI=1S/C13H20FN5/c1-4-18-12(10(2)7-16-18)9-15-13-11(3)8-17-19(13)6-5-14/h7-8,15H,4-6,9H2,1-3H3. The van der Waals surface area contributed by atoms with Crippen molar-refractivity contribution >= 4 is 5.82 Å². The summed E-state index contributed by atoms with van der Waals surface area (Å²) in [5, 5.41) is 11.8. The molecule has 0 bridgehead atoms. The Balaban J connectivity index is 2.14. The van der Waals surface area contributed by atoms with E-state index in [2.05, 4.69) is 22.4 Å². The SMILES string of the molecule is CCn1ncc(C)c1CNc1c(C)cnn1CCF. The Kier molecular flexibility index (Phi) is 4.19. The third-order valence-corrected chi connectivity index (χ3v) is 3.20. The molecule has 1 N–H and O–H groups in total. The van der Waals surface area contributed by atoms with Gasteiger partial charge in [-0.2, -0.15) is 10.2 Å². The van der Waals surface area contributed by atoms with Gasteiger partial charge in [-0.05, 0) is 26.3 Å². The van der Waals surface area contributed by atoms with Crippen molar-refractivity contribution in [2.24, 2.45) is 0 Å². The highest BCUT2D eigenvalue weighted by Crippen LogP contribution is 2.16. The first kappa shape index (κ1) is 13.6. The van der Waals surface area contributed by atoms with Crippen molar-refractivity contribution in [3.05, 3.63) is 29.2 Å². The van der Waals surface area contributed by atoms with Gasteiger partial charge >= 0.3 is 0 Å². The zero-order valence-electron chi connectivity index (χ0n) is 11.6. The number of nitrogens with one attached hydrogen (secondary N) is 1. The lowest BCUT2D eigenvalue weighted by Crippen LogP contribution is -2.13. The van der Waals surface area contributed by atoms with E-state index in [9.17, 15) is 4.39 Å². The van der Waals surface area contributed by atoms with Gasteiger partial charge in [0.1, 0.15) is 12.5 Å². The number of rotatable bonds is 6. The van der Waals surface area contributed by atoms with Crippen molar-refractivity contribution in [1.29, 1.82) is 0 Å². The molecule has 0 saturated carbocycles. The fourth-order valence-electron chi connectivity index (χ4n) is 2.13. The Morgan fingerprint density at radius 1 is 1.16 bits per heavy atom. The third-order valence-electron chi connectivity index (χ3n) is 3.20. The first-order valence-corrected chi connectivity index (χ1v) is 6.50. The molecule has 2 rings (SSSR count). The van der Waals surface area contributed by atoms with Gasteiger partial charge in [0.25, 0.3) is 0 Å². The quantitative estimate of drug-likeness (QED) is 0.871. The molecule has 0 aliphatic rings. The number of aryl methyl sites for hydroxylation is 4. The zero-order chi connectivity index (χ0) is 13.8. The fourth-order valence-corrected chi connectivity index (χ4v) is 2.13. The van der Waals surface area contributed by atoms with Crippen molar-refractivity contribution in [2.75, 3.05) is 12.0 Å². The summed E-state index contributed by atoms with van der Waals surface area (Å²) in [5.74, 6) is 0.876. The number of anilines is 1. The normalized spacial score (nSPS) is 10.9. The summed E-state index contributed by atoms with van der Waals surface area (Å²) in [6.45, 7) is 7.44. The second-order valence-corrected chi connectivity index (χ2v) is 4.53. The topological polar surface area (TPSA) is 47.7 Å². The van der Waals surface area contributed by atoms with Gasteiger partial charge in [-0.3, -0.25) is 4.68 Å². The number of hydrogen-bond acceptors (Lipinski definition) is 3. The second-order valence-electron chi connectivity index (χ2n) is 4.53. The van der Waals surface area contributed by atoms with Crippen LogP contribution >= 0.6 is 0 Å². The molecular formula is C13H20FN5. The Labute approximate surface area is 112 Å². The van der Waals surface area contributed by atoms with Gasteiger partial charge in [0.2, 0.25) is 0 Å². The highest BCUT2D eigenvalue weighted by molar-refractivity contribution is 5.43. The predicted octanol–water partition coefficient (Wildman–Crippen LogP) is 2.30. The summed E-state index contributed by atoms with van der Waals surface area (Å²) in [6.07, 6.45) is 3.62. The maximum atomic E-state index is 12.5. The van der Waals surface area contributed by atoms with E-state index >= 15 is 0 Å². The molecule has 0 unspecified atom stereocenters. The first-order valence-electron chi connectivity index (χ1n) is 6.50. The summed E-state index contributed by atoms with van der Waals surface area (Å²) in [5.41, 5.74) is 3.33. The highest BCUT2D eigenvalue weighted by atomic mass is 19.1. The predicted molar refractivity (Wildman–Crippen MR) is 72.9 cm³/mol. The highest BCUT2D eigenvalue weighted by Gasteiger charge is 2.10. The Hall–Kier alpha value is -1.85. The van der Waals surface area contributed by atoms with Crippen molar-refractivity contribution in [2.45, 2.75) is 40.4 Å². The molecule has 0 spiro atoms. The Morgan fingerprint density at radius 2 is 1.84 bits per heavy atom.